The van der Waals surface area contributed by atoms with Gasteiger partial charge in [0, 0.05) is 0 Å². The third-order valence-corrected chi connectivity index (χ3v) is 6.87. The molecule has 0 spiro atoms. The van der Waals surface area contributed by atoms with E-state index in [1.165, 1.54) is 98.5 Å². The molecule has 0 nitrogen and oxygen atoms in total. The molecule has 0 heteroatoms. The molecule has 208 valence electrons. The SMILES string of the molecule is C=C(CCC)CCc1ccc(C(=C)C)cc1.CC.CCCCCCCCCCCc1ccc(C)cc1C. The minimum atomic E-state index is 1.11. The minimum absolute atomic E-state index is 1.11. The van der Waals surface area contributed by atoms with Gasteiger partial charge in [-0.15, -0.1) is 0 Å². The van der Waals surface area contributed by atoms with E-state index in [4.69, 9.17) is 0 Å². The Kier molecular flexibility index (Phi) is 21.8. The molecule has 0 saturated heterocycles. The number of unbranched alkanes of at least 4 members (excludes halogenated alkanes) is 8. The summed E-state index contributed by atoms with van der Waals surface area (Å²) in [6.45, 7) is 23.0. The van der Waals surface area contributed by atoms with Crippen molar-refractivity contribution in [2.75, 3.05) is 0 Å². The van der Waals surface area contributed by atoms with Gasteiger partial charge in [-0.1, -0.05) is 158 Å². The van der Waals surface area contributed by atoms with E-state index >= 15 is 0 Å². The van der Waals surface area contributed by atoms with E-state index in [9.17, 15) is 0 Å². The summed E-state index contributed by atoms with van der Waals surface area (Å²) in [6.07, 6.45) is 18.6. The molecule has 0 radical (unpaired) electrons. The van der Waals surface area contributed by atoms with Gasteiger partial charge in [0.2, 0.25) is 0 Å². The summed E-state index contributed by atoms with van der Waals surface area (Å²) in [5.41, 5.74) is 9.52. The van der Waals surface area contributed by atoms with Gasteiger partial charge in [0.1, 0.15) is 0 Å². The topological polar surface area (TPSA) is 0 Å². The van der Waals surface area contributed by atoms with E-state index in [1.807, 2.05) is 20.8 Å². The van der Waals surface area contributed by atoms with Crippen molar-refractivity contribution in [2.45, 2.75) is 138 Å². The molecule has 0 unspecified atom stereocenters. The fourth-order valence-electron chi connectivity index (χ4n) is 4.51. The average Bonchev–Trinajstić information content (AvgIpc) is 2.89. The highest BCUT2D eigenvalue weighted by Gasteiger charge is 1.99. The number of rotatable bonds is 16. The van der Waals surface area contributed by atoms with E-state index in [1.54, 1.807) is 5.56 Å². The molecule has 37 heavy (non-hydrogen) atoms. The number of hydrogen-bond donors (Lipinski definition) is 0. The quantitative estimate of drug-likeness (QED) is 0.157. The lowest BCUT2D eigenvalue weighted by Crippen LogP contribution is -1.91. The Labute approximate surface area is 232 Å². The zero-order chi connectivity index (χ0) is 27.9. The van der Waals surface area contributed by atoms with Crippen LogP contribution in [0.25, 0.3) is 5.57 Å². The molecule has 0 aliphatic carbocycles. The molecule has 0 bridgehead atoms. The van der Waals surface area contributed by atoms with Gasteiger partial charge in [0.25, 0.3) is 0 Å². The fourth-order valence-corrected chi connectivity index (χ4v) is 4.51. The van der Waals surface area contributed by atoms with Crippen LogP contribution in [-0.2, 0) is 12.8 Å². The summed E-state index contributed by atoms with van der Waals surface area (Å²) >= 11 is 0. The van der Waals surface area contributed by atoms with Crippen LogP contribution in [0.2, 0.25) is 0 Å². The summed E-state index contributed by atoms with van der Waals surface area (Å²) in [6, 6.07) is 15.6. The Hall–Kier alpha value is -2.08. The smallest absolute Gasteiger partial charge is 0.0233 e. The van der Waals surface area contributed by atoms with E-state index in [2.05, 4.69) is 83.3 Å². The van der Waals surface area contributed by atoms with Crippen LogP contribution in [0.15, 0.2) is 61.2 Å². The summed E-state index contributed by atoms with van der Waals surface area (Å²) in [7, 11) is 0. The van der Waals surface area contributed by atoms with Gasteiger partial charge in [0.15, 0.2) is 0 Å². The molecule has 0 heterocycles. The summed E-state index contributed by atoms with van der Waals surface area (Å²) in [5, 5.41) is 0. The standard InChI is InChI=1S/C19H32.C16H22.C2H6/c1-4-5-6-7-8-9-10-11-12-13-19-15-14-17(2)16-18(19)3;1-5-6-14(4)7-8-15-9-11-16(12-10-15)13(2)3;1-2/h14-16H,4-13H2,1-3H3;9-12H,2,4-8H2,1,3H3;1-2H3. The predicted molar refractivity (Wildman–Crippen MR) is 172 cm³/mol. The first-order valence-electron chi connectivity index (χ1n) is 15.3. The van der Waals surface area contributed by atoms with Gasteiger partial charge >= 0.3 is 0 Å². The van der Waals surface area contributed by atoms with Crippen molar-refractivity contribution in [2.24, 2.45) is 0 Å². The first-order valence-corrected chi connectivity index (χ1v) is 15.3. The number of benzene rings is 2. The number of allylic oxidation sites excluding steroid dienone is 2. The van der Waals surface area contributed by atoms with Crippen LogP contribution in [0.3, 0.4) is 0 Å². The third kappa shape index (κ3) is 17.9. The van der Waals surface area contributed by atoms with Crippen LogP contribution in [0.1, 0.15) is 139 Å². The largest absolute Gasteiger partial charge is 0.0999 e. The summed E-state index contributed by atoms with van der Waals surface area (Å²) in [5.74, 6) is 0. The highest BCUT2D eigenvalue weighted by atomic mass is 14.1. The molecule has 0 aliphatic rings. The van der Waals surface area contributed by atoms with Crippen molar-refractivity contribution in [3.63, 3.8) is 0 Å². The number of aryl methyl sites for hydroxylation is 4. The molecule has 0 aliphatic heterocycles. The van der Waals surface area contributed by atoms with Gasteiger partial charge < -0.3 is 0 Å². The summed E-state index contributed by atoms with van der Waals surface area (Å²) in [4.78, 5) is 0. The lowest BCUT2D eigenvalue weighted by molar-refractivity contribution is 0.564. The van der Waals surface area contributed by atoms with Gasteiger partial charge in [0.05, 0.1) is 0 Å². The Morgan fingerprint density at radius 1 is 0.649 bits per heavy atom. The van der Waals surface area contributed by atoms with Crippen LogP contribution in [0.4, 0.5) is 0 Å². The molecule has 0 amide bonds. The predicted octanol–water partition coefficient (Wildman–Crippen LogP) is 12.4. The Bertz CT molecular complexity index is 837. The molecular formula is C37H60. The monoisotopic (exact) mass is 504 g/mol. The van der Waals surface area contributed by atoms with Gasteiger partial charge in [-0.25, -0.2) is 0 Å². The first-order chi connectivity index (χ1) is 17.9. The van der Waals surface area contributed by atoms with Crippen molar-refractivity contribution in [1.29, 1.82) is 0 Å². The van der Waals surface area contributed by atoms with Gasteiger partial charge in [-0.05, 0) is 75.1 Å². The van der Waals surface area contributed by atoms with Crippen LogP contribution in [-0.4, -0.2) is 0 Å². The van der Waals surface area contributed by atoms with Crippen molar-refractivity contribution < 1.29 is 0 Å². The van der Waals surface area contributed by atoms with E-state index < -0.39 is 0 Å². The van der Waals surface area contributed by atoms with Gasteiger partial charge in [-0.2, -0.15) is 0 Å². The zero-order valence-corrected chi connectivity index (χ0v) is 25.9. The normalized spacial score (nSPS) is 10.1. The van der Waals surface area contributed by atoms with Crippen molar-refractivity contribution in [3.8, 4) is 0 Å². The highest BCUT2D eigenvalue weighted by Crippen LogP contribution is 2.17. The lowest BCUT2D eigenvalue weighted by atomic mass is 9.99. The van der Waals surface area contributed by atoms with E-state index in [-0.39, 0.29) is 0 Å². The van der Waals surface area contributed by atoms with Gasteiger partial charge in [-0.3, -0.25) is 0 Å². The van der Waals surface area contributed by atoms with Crippen LogP contribution >= 0.6 is 0 Å². The fraction of sp³-hybridized carbons (Fsp3) is 0.568. The molecule has 2 aromatic rings. The van der Waals surface area contributed by atoms with Crippen LogP contribution < -0.4 is 0 Å². The molecule has 0 N–H and O–H groups in total. The molecule has 0 fully saturated rings. The van der Waals surface area contributed by atoms with Crippen LogP contribution in [0, 0.1) is 13.8 Å². The highest BCUT2D eigenvalue weighted by molar-refractivity contribution is 5.61. The van der Waals surface area contributed by atoms with E-state index in [0.717, 1.165) is 24.8 Å². The van der Waals surface area contributed by atoms with Crippen molar-refractivity contribution in [3.05, 3.63) is 89.0 Å². The average molecular weight is 505 g/mol. The summed E-state index contributed by atoms with van der Waals surface area (Å²) < 4.78 is 0. The van der Waals surface area contributed by atoms with Crippen LogP contribution in [0.5, 0.6) is 0 Å². The molecular weight excluding hydrogens is 444 g/mol. The molecule has 2 rings (SSSR count). The van der Waals surface area contributed by atoms with Crippen molar-refractivity contribution in [1.82, 2.24) is 0 Å². The second-order valence-electron chi connectivity index (χ2n) is 10.5. The Morgan fingerprint density at radius 3 is 1.73 bits per heavy atom. The van der Waals surface area contributed by atoms with Crippen molar-refractivity contribution >= 4 is 5.57 Å². The molecule has 0 saturated carbocycles. The molecule has 0 aromatic heterocycles. The maximum Gasteiger partial charge on any atom is -0.0233 e. The minimum Gasteiger partial charge on any atom is -0.0999 e. The maximum absolute atomic E-state index is 4.09. The van der Waals surface area contributed by atoms with E-state index in [0.29, 0.717) is 0 Å². The Morgan fingerprint density at radius 2 is 1.22 bits per heavy atom. The second kappa shape index (κ2) is 23.1. The molecule has 0 atom stereocenters. The number of hydrogen-bond acceptors (Lipinski definition) is 0. The second-order valence-corrected chi connectivity index (χ2v) is 10.5. The third-order valence-electron chi connectivity index (χ3n) is 6.87. The molecule has 2 aromatic carbocycles. The first kappa shape index (κ1) is 34.9. The zero-order valence-electron chi connectivity index (χ0n) is 25.9. The Balaban J connectivity index is 0.000000665. The lowest BCUT2D eigenvalue weighted by Gasteiger charge is -2.07. The maximum atomic E-state index is 4.09.